The Kier molecular flexibility index (Phi) is 7.08. The number of nitrogen functional groups attached to an aromatic ring is 1. The van der Waals surface area contributed by atoms with Crippen LogP contribution in [0.3, 0.4) is 0 Å². The van der Waals surface area contributed by atoms with Crippen LogP contribution in [0.25, 0.3) is 0 Å². The summed E-state index contributed by atoms with van der Waals surface area (Å²) in [5.41, 5.74) is 8.03. The van der Waals surface area contributed by atoms with Crippen molar-refractivity contribution < 1.29 is 0 Å². The monoisotopic (exact) mass is 288 g/mol. The number of nitrogens with zero attached hydrogens (tertiary/aromatic N) is 1. The molecule has 2 heteroatoms. The van der Waals surface area contributed by atoms with Crippen molar-refractivity contribution in [2.75, 3.05) is 12.3 Å². The SMILES string of the molecule is CCCCCCCCCN(Cc1ccc(N)cc1)C1CC1. The first-order chi connectivity index (χ1) is 10.3. The topological polar surface area (TPSA) is 29.3 Å². The van der Waals surface area contributed by atoms with Gasteiger partial charge in [0.1, 0.15) is 0 Å². The molecular weight excluding hydrogens is 256 g/mol. The molecule has 0 aliphatic heterocycles. The lowest BCUT2D eigenvalue weighted by Gasteiger charge is -2.22. The Labute approximate surface area is 130 Å². The number of hydrogen-bond acceptors (Lipinski definition) is 2. The predicted molar refractivity (Wildman–Crippen MR) is 92.3 cm³/mol. The summed E-state index contributed by atoms with van der Waals surface area (Å²) in [5, 5.41) is 0. The van der Waals surface area contributed by atoms with Gasteiger partial charge >= 0.3 is 0 Å². The van der Waals surface area contributed by atoms with Crippen LogP contribution in [0.15, 0.2) is 24.3 Å². The molecule has 1 aromatic rings. The minimum absolute atomic E-state index is 0.850. The van der Waals surface area contributed by atoms with Crippen LogP contribution in [0, 0.1) is 0 Å². The van der Waals surface area contributed by atoms with E-state index in [9.17, 15) is 0 Å². The van der Waals surface area contributed by atoms with E-state index in [0.29, 0.717) is 0 Å². The van der Waals surface area contributed by atoms with E-state index in [1.165, 1.54) is 69.9 Å². The fourth-order valence-corrected chi connectivity index (χ4v) is 2.96. The van der Waals surface area contributed by atoms with E-state index in [2.05, 4.69) is 24.0 Å². The van der Waals surface area contributed by atoms with E-state index in [1.54, 1.807) is 0 Å². The van der Waals surface area contributed by atoms with Crippen molar-refractivity contribution in [3.8, 4) is 0 Å². The van der Waals surface area contributed by atoms with Crippen LogP contribution in [-0.4, -0.2) is 17.5 Å². The van der Waals surface area contributed by atoms with Crippen molar-refractivity contribution in [1.29, 1.82) is 0 Å². The smallest absolute Gasteiger partial charge is 0.0314 e. The molecule has 0 amide bonds. The molecule has 2 rings (SSSR count). The maximum Gasteiger partial charge on any atom is 0.0314 e. The highest BCUT2D eigenvalue weighted by Gasteiger charge is 2.28. The molecule has 0 aromatic heterocycles. The summed E-state index contributed by atoms with van der Waals surface area (Å²) < 4.78 is 0. The molecule has 0 bridgehead atoms. The summed E-state index contributed by atoms with van der Waals surface area (Å²) in [6.07, 6.45) is 12.6. The number of nitrogens with two attached hydrogens (primary N) is 1. The average molecular weight is 288 g/mol. The summed E-state index contributed by atoms with van der Waals surface area (Å²) >= 11 is 0. The van der Waals surface area contributed by atoms with Crippen molar-refractivity contribution in [1.82, 2.24) is 4.90 Å². The van der Waals surface area contributed by atoms with Gasteiger partial charge in [0, 0.05) is 18.3 Å². The third-order valence-electron chi connectivity index (χ3n) is 4.48. The molecule has 0 atom stereocenters. The van der Waals surface area contributed by atoms with Crippen LogP contribution >= 0.6 is 0 Å². The van der Waals surface area contributed by atoms with Gasteiger partial charge in [-0.05, 0) is 43.5 Å². The third kappa shape index (κ3) is 6.52. The highest BCUT2D eigenvalue weighted by molar-refractivity contribution is 5.39. The van der Waals surface area contributed by atoms with E-state index in [1.807, 2.05) is 12.1 Å². The second-order valence-electron chi connectivity index (χ2n) is 6.56. The highest BCUT2D eigenvalue weighted by Crippen LogP contribution is 2.28. The Hall–Kier alpha value is -1.02. The fourth-order valence-electron chi connectivity index (χ4n) is 2.96. The van der Waals surface area contributed by atoms with E-state index in [4.69, 9.17) is 5.73 Å². The fraction of sp³-hybridized carbons (Fsp3) is 0.684. The molecule has 1 saturated carbocycles. The number of benzene rings is 1. The zero-order valence-corrected chi connectivity index (χ0v) is 13.7. The Morgan fingerprint density at radius 1 is 0.952 bits per heavy atom. The van der Waals surface area contributed by atoms with Crippen LogP contribution < -0.4 is 5.73 Å². The molecule has 0 heterocycles. The van der Waals surface area contributed by atoms with E-state index < -0.39 is 0 Å². The molecule has 0 unspecified atom stereocenters. The summed E-state index contributed by atoms with van der Waals surface area (Å²) in [6, 6.07) is 9.25. The lowest BCUT2D eigenvalue weighted by Crippen LogP contribution is -2.26. The molecule has 1 aliphatic rings. The van der Waals surface area contributed by atoms with E-state index in [-0.39, 0.29) is 0 Å². The molecule has 0 spiro atoms. The summed E-state index contributed by atoms with van der Waals surface area (Å²) in [5.74, 6) is 0. The molecule has 1 aromatic carbocycles. The van der Waals surface area contributed by atoms with E-state index >= 15 is 0 Å². The number of unbranched alkanes of at least 4 members (excludes halogenated alkanes) is 6. The summed E-state index contributed by atoms with van der Waals surface area (Å²) in [4.78, 5) is 2.68. The first kappa shape index (κ1) is 16.4. The number of hydrogen-bond donors (Lipinski definition) is 1. The predicted octanol–water partition coefficient (Wildman–Crippen LogP) is 4.98. The second kappa shape index (κ2) is 9.09. The van der Waals surface area contributed by atoms with Crippen molar-refractivity contribution >= 4 is 5.69 Å². The van der Waals surface area contributed by atoms with Gasteiger partial charge in [-0.3, -0.25) is 4.90 Å². The largest absolute Gasteiger partial charge is 0.399 e. The standard InChI is InChI=1S/C19H32N2/c1-2-3-4-5-6-7-8-15-21(19-13-14-19)16-17-9-11-18(20)12-10-17/h9-12,19H,2-8,13-16,20H2,1H3. The van der Waals surface area contributed by atoms with Crippen molar-refractivity contribution in [2.45, 2.75) is 77.3 Å². The number of anilines is 1. The minimum atomic E-state index is 0.850. The van der Waals surface area contributed by atoms with Gasteiger partial charge in [0.15, 0.2) is 0 Å². The van der Waals surface area contributed by atoms with Gasteiger partial charge in [-0.15, -0.1) is 0 Å². The van der Waals surface area contributed by atoms with Gasteiger partial charge in [0.05, 0.1) is 0 Å². The Morgan fingerprint density at radius 3 is 2.19 bits per heavy atom. The normalized spacial score (nSPS) is 14.8. The zero-order valence-electron chi connectivity index (χ0n) is 13.7. The molecule has 0 radical (unpaired) electrons. The van der Waals surface area contributed by atoms with Gasteiger partial charge in [-0.2, -0.15) is 0 Å². The van der Waals surface area contributed by atoms with Crippen molar-refractivity contribution in [3.05, 3.63) is 29.8 Å². The average Bonchev–Trinajstić information content (AvgIpc) is 3.32. The maximum absolute atomic E-state index is 5.76. The van der Waals surface area contributed by atoms with Crippen molar-refractivity contribution in [2.24, 2.45) is 0 Å². The highest BCUT2D eigenvalue weighted by atomic mass is 15.2. The molecular formula is C19H32N2. The Bertz CT molecular complexity index is 381. The maximum atomic E-state index is 5.76. The van der Waals surface area contributed by atoms with Crippen LogP contribution in [0.4, 0.5) is 5.69 Å². The Morgan fingerprint density at radius 2 is 1.57 bits per heavy atom. The van der Waals surface area contributed by atoms with Gasteiger partial charge in [-0.1, -0.05) is 57.6 Å². The van der Waals surface area contributed by atoms with Crippen LogP contribution in [0.5, 0.6) is 0 Å². The molecule has 1 fully saturated rings. The van der Waals surface area contributed by atoms with Gasteiger partial charge in [0.2, 0.25) is 0 Å². The van der Waals surface area contributed by atoms with Crippen LogP contribution in [0.2, 0.25) is 0 Å². The second-order valence-corrected chi connectivity index (χ2v) is 6.56. The quantitative estimate of drug-likeness (QED) is 0.459. The zero-order chi connectivity index (χ0) is 14.9. The first-order valence-corrected chi connectivity index (χ1v) is 8.88. The molecule has 2 N–H and O–H groups in total. The molecule has 2 nitrogen and oxygen atoms in total. The molecule has 118 valence electrons. The van der Waals surface area contributed by atoms with Crippen LogP contribution in [-0.2, 0) is 6.54 Å². The lowest BCUT2D eigenvalue weighted by atomic mass is 10.1. The van der Waals surface area contributed by atoms with Gasteiger partial charge < -0.3 is 5.73 Å². The minimum Gasteiger partial charge on any atom is -0.399 e. The lowest BCUT2D eigenvalue weighted by molar-refractivity contribution is 0.248. The molecule has 0 saturated heterocycles. The third-order valence-corrected chi connectivity index (χ3v) is 4.48. The number of rotatable bonds is 11. The Balaban J connectivity index is 1.64. The van der Waals surface area contributed by atoms with Gasteiger partial charge in [-0.25, -0.2) is 0 Å². The summed E-state index contributed by atoms with van der Waals surface area (Å²) in [6.45, 7) is 4.65. The first-order valence-electron chi connectivity index (χ1n) is 8.88. The van der Waals surface area contributed by atoms with Crippen LogP contribution in [0.1, 0.15) is 70.3 Å². The van der Waals surface area contributed by atoms with E-state index in [0.717, 1.165) is 18.3 Å². The van der Waals surface area contributed by atoms with Gasteiger partial charge in [0.25, 0.3) is 0 Å². The van der Waals surface area contributed by atoms with Crippen molar-refractivity contribution in [3.63, 3.8) is 0 Å². The summed E-state index contributed by atoms with van der Waals surface area (Å²) in [7, 11) is 0. The molecule has 1 aliphatic carbocycles. The molecule has 21 heavy (non-hydrogen) atoms.